The van der Waals surface area contributed by atoms with Crippen LogP contribution in [0.1, 0.15) is 39.5 Å². The van der Waals surface area contributed by atoms with Gasteiger partial charge in [-0.25, -0.2) is 0 Å². The minimum absolute atomic E-state index is 0.00861. The molecule has 2 N–H and O–H groups in total. The van der Waals surface area contributed by atoms with E-state index in [1.54, 1.807) is 11.8 Å². The molecule has 0 spiro atoms. The van der Waals surface area contributed by atoms with Crippen LogP contribution in [0.3, 0.4) is 0 Å². The summed E-state index contributed by atoms with van der Waals surface area (Å²) in [5.74, 6) is 2.29. The number of piperidine rings is 1. The number of hydrogen-bond acceptors (Lipinski definition) is 4. The van der Waals surface area contributed by atoms with Gasteiger partial charge in [0.05, 0.1) is 6.04 Å². The molecule has 0 bridgehead atoms. The van der Waals surface area contributed by atoms with Gasteiger partial charge in [0.25, 0.3) is 0 Å². The van der Waals surface area contributed by atoms with E-state index >= 15 is 0 Å². The lowest BCUT2D eigenvalue weighted by Crippen LogP contribution is -2.52. The lowest BCUT2D eigenvalue weighted by atomic mass is 9.99. The fourth-order valence-electron chi connectivity index (χ4n) is 3.00. The van der Waals surface area contributed by atoms with Crippen LogP contribution >= 0.6 is 11.8 Å². The molecule has 2 rings (SSSR count). The Balaban J connectivity index is 1.75. The van der Waals surface area contributed by atoms with E-state index < -0.39 is 0 Å². The molecule has 0 radical (unpaired) electrons. The largest absolute Gasteiger partial charge is 0.353 e. The third-order valence-corrected chi connectivity index (χ3v) is 5.46. The van der Waals surface area contributed by atoms with Crippen molar-refractivity contribution in [1.82, 2.24) is 15.5 Å². The number of likely N-dealkylation sites (tertiary alicyclic amines) is 1. The van der Waals surface area contributed by atoms with Crippen LogP contribution in [0.4, 0.5) is 0 Å². The van der Waals surface area contributed by atoms with E-state index in [0.717, 1.165) is 50.4 Å². The van der Waals surface area contributed by atoms with E-state index in [4.69, 9.17) is 0 Å². The zero-order chi connectivity index (χ0) is 15.2. The van der Waals surface area contributed by atoms with Gasteiger partial charge in [-0.2, -0.15) is 0 Å². The average molecular weight is 313 g/mol. The van der Waals surface area contributed by atoms with Crippen LogP contribution in [0.15, 0.2) is 0 Å². The zero-order valence-corrected chi connectivity index (χ0v) is 13.9. The third-order valence-electron chi connectivity index (χ3n) is 4.52. The second-order valence-corrected chi connectivity index (χ2v) is 6.92. The van der Waals surface area contributed by atoms with E-state index in [1.807, 2.05) is 4.90 Å². The highest BCUT2D eigenvalue weighted by Crippen LogP contribution is 2.17. The molecule has 6 heteroatoms. The molecule has 5 nitrogen and oxygen atoms in total. The van der Waals surface area contributed by atoms with Gasteiger partial charge in [0.1, 0.15) is 0 Å². The molecule has 2 aliphatic heterocycles. The fraction of sp³-hybridized carbons (Fsp3) is 0.867. The summed E-state index contributed by atoms with van der Waals surface area (Å²) < 4.78 is 0. The molecule has 0 aromatic carbocycles. The molecule has 21 heavy (non-hydrogen) atoms. The Morgan fingerprint density at radius 2 is 1.95 bits per heavy atom. The maximum Gasteiger partial charge on any atom is 0.240 e. The number of rotatable bonds is 5. The second-order valence-electron chi connectivity index (χ2n) is 5.89. The van der Waals surface area contributed by atoms with Gasteiger partial charge in [-0.15, -0.1) is 11.8 Å². The lowest BCUT2D eigenvalue weighted by Gasteiger charge is -2.34. The molecule has 0 aliphatic carbocycles. The smallest absolute Gasteiger partial charge is 0.240 e. The van der Waals surface area contributed by atoms with Crippen molar-refractivity contribution in [3.63, 3.8) is 0 Å². The Labute approximate surface area is 131 Å². The zero-order valence-electron chi connectivity index (χ0n) is 13.1. The first kappa shape index (κ1) is 16.6. The van der Waals surface area contributed by atoms with E-state index in [0.29, 0.717) is 0 Å². The predicted molar refractivity (Wildman–Crippen MR) is 86.1 cm³/mol. The van der Waals surface area contributed by atoms with Gasteiger partial charge in [0, 0.05) is 36.7 Å². The number of carbonyl (C=O) groups excluding carboxylic acids is 2. The summed E-state index contributed by atoms with van der Waals surface area (Å²) in [4.78, 5) is 26.3. The van der Waals surface area contributed by atoms with Crippen molar-refractivity contribution in [2.45, 2.75) is 51.6 Å². The highest BCUT2D eigenvalue weighted by Gasteiger charge is 2.30. The first-order valence-corrected chi connectivity index (χ1v) is 9.21. The summed E-state index contributed by atoms with van der Waals surface area (Å²) in [6.45, 7) is 5.63. The number of thioether (sulfide) groups is 1. The number of hydrogen-bond donors (Lipinski definition) is 2. The van der Waals surface area contributed by atoms with Crippen LogP contribution < -0.4 is 10.6 Å². The van der Waals surface area contributed by atoms with Gasteiger partial charge in [-0.3, -0.25) is 14.9 Å². The monoisotopic (exact) mass is 313 g/mol. The van der Waals surface area contributed by atoms with Gasteiger partial charge < -0.3 is 10.2 Å². The maximum absolute atomic E-state index is 12.3. The molecule has 0 aromatic heterocycles. The molecule has 1 unspecified atom stereocenters. The van der Waals surface area contributed by atoms with Crippen LogP contribution in [-0.2, 0) is 9.59 Å². The summed E-state index contributed by atoms with van der Waals surface area (Å²) in [6, 6.07) is 0.221. The summed E-state index contributed by atoms with van der Waals surface area (Å²) in [5, 5.41) is 6.38. The van der Waals surface area contributed by atoms with Crippen molar-refractivity contribution in [1.29, 1.82) is 0 Å². The summed E-state index contributed by atoms with van der Waals surface area (Å²) in [7, 11) is 0. The summed E-state index contributed by atoms with van der Waals surface area (Å²) >= 11 is 1.78. The fourth-order valence-corrected chi connectivity index (χ4v) is 3.93. The molecule has 2 amide bonds. The van der Waals surface area contributed by atoms with Gasteiger partial charge in [0.2, 0.25) is 11.8 Å². The van der Waals surface area contributed by atoms with Gasteiger partial charge in [0.15, 0.2) is 0 Å². The molecule has 2 aliphatic rings. The highest BCUT2D eigenvalue weighted by molar-refractivity contribution is 7.99. The molecule has 0 aromatic rings. The predicted octanol–water partition coefficient (Wildman–Crippen LogP) is 1.19. The number of carbonyl (C=O) groups is 2. The van der Waals surface area contributed by atoms with Crippen LogP contribution in [0.5, 0.6) is 0 Å². The van der Waals surface area contributed by atoms with Crippen LogP contribution in [0.2, 0.25) is 0 Å². The SMILES string of the molecule is CCC(CC)C(=O)NC1CCN(C(=O)C2CSCN2)CC1. The van der Waals surface area contributed by atoms with Crippen molar-refractivity contribution in [3.05, 3.63) is 0 Å². The van der Waals surface area contributed by atoms with Gasteiger partial charge >= 0.3 is 0 Å². The second kappa shape index (κ2) is 8.03. The van der Waals surface area contributed by atoms with Crippen LogP contribution in [-0.4, -0.2) is 53.5 Å². The van der Waals surface area contributed by atoms with E-state index in [9.17, 15) is 9.59 Å². The number of nitrogens with zero attached hydrogens (tertiary/aromatic N) is 1. The Bertz CT molecular complexity index is 360. The quantitative estimate of drug-likeness (QED) is 0.800. The maximum atomic E-state index is 12.3. The average Bonchev–Trinajstić information content (AvgIpc) is 3.03. The Kier molecular flexibility index (Phi) is 6.36. The third kappa shape index (κ3) is 4.36. The number of amides is 2. The van der Waals surface area contributed by atoms with Crippen molar-refractivity contribution in [2.75, 3.05) is 24.7 Å². The summed E-state index contributed by atoms with van der Waals surface area (Å²) in [6.07, 6.45) is 3.53. The highest BCUT2D eigenvalue weighted by atomic mass is 32.2. The minimum Gasteiger partial charge on any atom is -0.353 e. The molecule has 0 saturated carbocycles. The number of nitrogens with one attached hydrogen (secondary N) is 2. The Morgan fingerprint density at radius 1 is 1.29 bits per heavy atom. The normalized spacial score (nSPS) is 23.6. The minimum atomic E-state index is -0.00861. The van der Waals surface area contributed by atoms with E-state index in [2.05, 4.69) is 24.5 Å². The lowest BCUT2D eigenvalue weighted by molar-refractivity contribution is -0.134. The molecular weight excluding hydrogens is 286 g/mol. The van der Waals surface area contributed by atoms with Crippen LogP contribution in [0.25, 0.3) is 0 Å². The van der Waals surface area contributed by atoms with Gasteiger partial charge in [-0.05, 0) is 25.7 Å². The molecule has 1 atom stereocenters. The van der Waals surface area contributed by atoms with E-state index in [-0.39, 0.29) is 29.8 Å². The van der Waals surface area contributed by atoms with Gasteiger partial charge in [-0.1, -0.05) is 13.8 Å². The topological polar surface area (TPSA) is 61.4 Å². The van der Waals surface area contributed by atoms with Crippen molar-refractivity contribution >= 4 is 23.6 Å². The molecule has 2 heterocycles. The first-order valence-electron chi connectivity index (χ1n) is 8.06. The molecular formula is C15H27N3O2S. The van der Waals surface area contributed by atoms with Crippen molar-refractivity contribution < 1.29 is 9.59 Å². The summed E-state index contributed by atoms with van der Waals surface area (Å²) in [5.41, 5.74) is 0. The van der Waals surface area contributed by atoms with E-state index in [1.165, 1.54) is 0 Å². The molecule has 2 saturated heterocycles. The standard InChI is InChI=1S/C15H27N3O2S/c1-3-11(4-2)14(19)17-12-5-7-18(8-6-12)15(20)13-9-21-10-16-13/h11-13,16H,3-10H2,1-2H3,(H,17,19). The molecule has 2 fully saturated rings. The molecule has 120 valence electrons. The van der Waals surface area contributed by atoms with Crippen LogP contribution in [0, 0.1) is 5.92 Å². The first-order chi connectivity index (χ1) is 10.2. The Hall–Kier alpha value is -0.750. The van der Waals surface area contributed by atoms with Crippen molar-refractivity contribution in [2.24, 2.45) is 5.92 Å². The Morgan fingerprint density at radius 3 is 2.48 bits per heavy atom. The van der Waals surface area contributed by atoms with Crippen molar-refractivity contribution in [3.8, 4) is 0 Å².